The summed E-state index contributed by atoms with van der Waals surface area (Å²) >= 11 is 8.57. The molecule has 0 aromatic heterocycles. The molecule has 0 bridgehead atoms. The maximum absolute atomic E-state index is 4.66. The minimum absolute atomic E-state index is 0.562. The fraction of sp³-hybridized carbons (Fsp3) is 0.950. The Balaban J connectivity index is 0. The third-order valence-electron chi connectivity index (χ3n) is 4.41. The summed E-state index contributed by atoms with van der Waals surface area (Å²) in [6.07, 6.45) is 20.0. The van der Waals surface area contributed by atoms with Crippen molar-refractivity contribution in [1.82, 2.24) is 0 Å². The maximum Gasteiger partial charge on any atom is 0.0447 e. The van der Waals surface area contributed by atoms with Crippen LogP contribution in [-0.4, -0.2) is 28.8 Å². The van der Waals surface area contributed by atoms with Crippen LogP contribution in [0.2, 0.25) is 0 Å². The predicted octanol–water partition coefficient (Wildman–Crippen LogP) is 8.25. The third kappa shape index (κ3) is 17.5. The summed E-state index contributed by atoms with van der Waals surface area (Å²) in [5, 5.41) is 0. The lowest BCUT2D eigenvalue weighted by atomic mass is 10.4. The molecule has 0 saturated carbocycles. The number of thiol groups is 1. The number of hydrogen-bond acceptors (Lipinski definition) is 1. The molecule has 0 heterocycles. The highest BCUT2D eigenvalue weighted by atomic mass is 32.1. The van der Waals surface area contributed by atoms with Gasteiger partial charge in [-0.2, -0.15) is 0 Å². The average Bonchev–Trinajstić information content (AvgIpc) is 2.54. The zero-order chi connectivity index (χ0) is 18.0. The van der Waals surface area contributed by atoms with Crippen LogP contribution in [0, 0.1) is 0 Å². The molecular weight excluding hydrogens is 335 g/mol. The summed E-state index contributed by atoms with van der Waals surface area (Å²) in [7, 11) is -0.562. The summed E-state index contributed by atoms with van der Waals surface area (Å²) in [6, 6.07) is 0. The lowest BCUT2D eigenvalue weighted by Crippen LogP contribution is -2.12. The van der Waals surface area contributed by atoms with Crippen molar-refractivity contribution in [2.45, 2.75) is 98.8 Å². The van der Waals surface area contributed by atoms with Gasteiger partial charge < -0.3 is 0 Å². The molecule has 0 N–H and O–H groups in total. The van der Waals surface area contributed by atoms with Gasteiger partial charge in [0.1, 0.15) is 0 Å². The minimum Gasteiger partial charge on any atom is -0.136 e. The standard InChI is InChI=1S/C16H36P.C4H8S2/c1-5-9-13-17(14-10-6-2,15-11-7-3)16-12-8-4;1-2-3-4(5)6/h5-16H2,1-4H3;2-3H2,1H3,(H,5,6). The second-order valence-corrected chi connectivity index (χ2v) is 12.6. The van der Waals surface area contributed by atoms with E-state index in [1.807, 2.05) is 0 Å². The molecule has 0 nitrogen and oxygen atoms in total. The van der Waals surface area contributed by atoms with E-state index in [1.165, 1.54) is 51.4 Å². The monoisotopic (exact) mass is 379 g/mol. The van der Waals surface area contributed by atoms with Crippen LogP contribution in [0.5, 0.6) is 0 Å². The zero-order valence-electron chi connectivity index (χ0n) is 16.7. The smallest absolute Gasteiger partial charge is 0.0447 e. The Hall–Kier alpha value is 0.870. The first-order valence-corrected chi connectivity index (χ1v) is 13.5. The van der Waals surface area contributed by atoms with Crippen LogP contribution in [0.4, 0.5) is 0 Å². The Kier molecular flexibility index (Phi) is 21.8. The fourth-order valence-electron chi connectivity index (χ4n) is 2.86. The van der Waals surface area contributed by atoms with E-state index >= 15 is 0 Å². The molecule has 0 aliphatic carbocycles. The maximum atomic E-state index is 4.66. The fourth-order valence-corrected chi connectivity index (χ4v) is 8.58. The highest BCUT2D eigenvalue weighted by Crippen LogP contribution is 2.61. The van der Waals surface area contributed by atoms with Crippen molar-refractivity contribution in [2.24, 2.45) is 0 Å². The molecule has 0 unspecified atom stereocenters. The van der Waals surface area contributed by atoms with Gasteiger partial charge in [0.15, 0.2) is 0 Å². The van der Waals surface area contributed by atoms with E-state index in [-0.39, 0.29) is 0 Å². The van der Waals surface area contributed by atoms with Crippen molar-refractivity contribution in [3.05, 3.63) is 0 Å². The van der Waals surface area contributed by atoms with E-state index in [2.05, 4.69) is 59.5 Å². The van der Waals surface area contributed by atoms with Gasteiger partial charge in [-0.05, 0) is 56.8 Å². The van der Waals surface area contributed by atoms with Crippen molar-refractivity contribution in [3.63, 3.8) is 0 Å². The number of rotatable bonds is 14. The van der Waals surface area contributed by atoms with Crippen LogP contribution in [0.3, 0.4) is 0 Å². The first-order valence-electron chi connectivity index (χ1n) is 10.1. The lowest BCUT2D eigenvalue weighted by molar-refractivity contribution is 0.814. The van der Waals surface area contributed by atoms with E-state index in [0.29, 0.717) is 0 Å². The number of thiocarbonyl (C=S) groups is 1. The third-order valence-corrected chi connectivity index (χ3v) is 9.90. The average molecular weight is 380 g/mol. The summed E-state index contributed by atoms with van der Waals surface area (Å²) in [5.74, 6) is 0. The number of hydrogen-bond donors (Lipinski definition) is 1. The SMILES string of the molecule is CCCC(=S)S.CCCC[P](CCCC)(CCCC)CCCC. The van der Waals surface area contributed by atoms with E-state index < -0.39 is 7.26 Å². The molecule has 1 radical (unpaired) electrons. The van der Waals surface area contributed by atoms with Crippen molar-refractivity contribution in [1.29, 1.82) is 0 Å². The van der Waals surface area contributed by atoms with Gasteiger partial charge in [-0.1, -0.05) is 78.9 Å². The highest BCUT2D eigenvalue weighted by Gasteiger charge is 2.24. The highest BCUT2D eigenvalue weighted by molar-refractivity contribution is 8.11. The summed E-state index contributed by atoms with van der Waals surface area (Å²) < 4.78 is 0.817. The van der Waals surface area contributed by atoms with Crippen LogP contribution in [0.25, 0.3) is 0 Å². The second-order valence-electron chi connectivity index (χ2n) is 6.79. The lowest BCUT2D eigenvalue weighted by Gasteiger charge is -2.37. The largest absolute Gasteiger partial charge is 0.136 e. The van der Waals surface area contributed by atoms with Gasteiger partial charge in [0.25, 0.3) is 0 Å². The summed E-state index contributed by atoms with van der Waals surface area (Å²) in [4.78, 5) is 0. The van der Waals surface area contributed by atoms with Gasteiger partial charge in [-0.3, -0.25) is 0 Å². The Labute approximate surface area is 159 Å². The van der Waals surface area contributed by atoms with Crippen molar-refractivity contribution in [3.8, 4) is 0 Å². The zero-order valence-corrected chi connectivity index (χ0v) is 19.3. The number of unbranched alkanes of at least 4 members (excludes halogenated alkanes) is 4. The summed E-state index contributed by atoms with van der Waals surface area (Å²) in [6.45, 7) is 11.5. The van der Waals surface area contributed by atoms with Gasteiger partial charge in [0.2, 0.25) is 0 Å². The predicted molar refractivity (Wildman–Crippen MR) is 123 cm³/mol. The van der Waals surface area contributed by atoms with E-state index in [4.69, 9.17) is 0 Å². The van der Waals surface area contributed by atoms with Gasteiger partial charge in [0, 0.05) is 4.20 Å². The molecule has 0 atom stereocenters. The van der Waals surface area contributed by atoms with Gasteiger partial charge in [0.05, 0.1) is 0 Å². The second kappa shape index (κ2) is 19.2. The van der Waals surface area contributed by atoms with Crippen molar-refractivity contribution in [2.75, 3.05) is 24.6 Å². The molecule has 0 aromatic rings. The van der Waals surface area contributed by atoms with Gasteiger partial charge in [-0.15, -0.1) is 19.9 Å². The normalized spacial score (nSPS) is 11.0. The Morgan fingerprint density at radius 1 is 0.652 bits per heavy atom. The molecule has 0 saturated heterocycles. The molecule has 0 aliphatic rings. The Bertz CT molecular complexity index is 217. The molecule has 0 spiro atoms. The van der Waals surface area contributed by atoms with E-state index in [1.54, 1.807) is 24.6 Å². The molecule has 0 aromatic carbocycles. The topological polar surface area (TPSA) is 0 Å². The van der Waals surface area contributed by atoms with Gasteiger partial charge in [-0.25, -0.2) is 0 Å². The molecule has 3 heteroatoms. The molecule has 23 heavy (non-hydrogen) atoms. The van der Waals surface area contributed by atoms with Crippen LogP contribution >= 0.6 is 32.1 Å². The van der Waals surface area contributed by atoms with Crippen LogP contribution < -0.4 is 0 Å². The first-order chi connectivity index (χ1) is 11.0. The molecule has 141 valence electrons. The van der Waals surface area contributed by atoms with Crippen LogP contribution in [0.1, 0.15) is 98.8 Å². The van der Waals surface area contributed by atoms with Gasteiger partial charge >= 0.3 is 0 Å². The summed E-state index contributed by atoms with van der Waals surface area (Å²) in [5.41, 5.74) is 0. The minimum atomic E-state index is -0.562. The molecular formula is C20H44PS2. The quantitative estimate of drug-likeness (QED) is 0.180. The molecule has 0 rings (SSSR count). The van der Waals surface area contributed by atoms with Crippen LogP contribution in [-0.2, 0) is 0 Å². The first kappa shape index (κ1) is 26.1. The molecule has 0 amide bonds. The van der Waals surface area contributed by atoms with Crippen molar-refractivity contribution < 1.29 is 0 Å². The van der Waals surface area contributed by atoms with E-state index in [9.17, 15) is 0 Å². The Morgan fingerprint density at radius 2 is 0.957 bits per heavy atom. The molecule has 0 aliphatic heterocycles. The van der Waals surface area contributed by atoms with Crippen molar-refractivity contribution >= 4 is 36.3 Å². The van der Waals surface area contributed by atoms with E-state index in [0.717, 1.165) is 17.0 Å². The Morgan fingerprint density at radius 3 is 1.09 bits per heavy atom. The molecule has 0 fully saturated rings. The van der Waals surface area contributed by atoms with Crippen LogP contribution in [0.15, 0.2) is 0 Å².